The first kappa shape index (κ1) is 15.2. The molecule has 0 radical (unpaired) electrons. The summed E-state index contributed by atoms with van der Waals surface area (Å²) in [6.07, 6.45) is -0.690. The van der Waals surface area contributed by atoms with Gasteiger partial charge in [0.1, 0.15) is 15.3 Å². The van der Waals surface area contributed by atoms with Gasteiger partial charge in [-0.2, -0.15) is 0 Å². The summed E-state index contributed by atoms with van der Waals surface area (Å²) >= 11 is 1.03. The first-order valence-electron chi connectivity index (χ1n) is 6.31. The van der Waals surface area contributed by atoms with E-state index < -0.39 is 17.7 Å². The van der Waals surface area contributed by atoms with Crippen molar-refractivity contribution in [2.75, 3.05) is 5.32 Å². The lowest BCUT2D eigenvalue weighted by Gasteiger charge is -2.19. The predicted octanol–water partition coefficient (Wildman–Crippen LogP) is 3.65. The van der Waals surface area contributed by atoms with Crippen LogP contribution in [0.1, 0.15) is 36.1 Å². The summed E-state index contributed by atoms with van der Waals surface area (Å²) in [5.74, 6) is -1.11. The van der Waals surface area contributed by atoms with Gasteiger partial charge >= 0.3 is 12.1 Å². The van der Waals surface area contributed by atoms with Gasteiger partial charge in [0, 0.05) is 11.1 Å². The van der Waals surface area contributed by atoms with Crippen molar-refractivity contribution in [1.82, 2.24) is 4.98 Å². The molecule has 2 N–H and O–H groups in total. The van der Waals surface area contributed by atoms with Crippen molar-refractivity contribution in [2.24, 2.45) is 0 Å². The van der Waals surface area contributed by atoms with E-state index in [4.69, 9.17) is 4.74 Å². The minimum absolute atomic E-state index is 0.0361. The van der Waals surface area contributed by atoms with Crippen molar-refractivity contribution in [1.29, 1.82) is 0 Å². The number of ether oxygens (including phenoxy) is 1. The third kappa shape index (κ3) is 3.49. The summed E-state index contributed by atoms with van der Waals surface area (Å²) in [7, 11) is 0. The van der Waals surface area contributed by atoms with Gasteiger partial charge in [-0.3, -0.25) is 5.32 Å². The number of carboxylic acid groups (broad SMARTS) is 1. The molecule has 7 heteroatoms. The highest BCUT2D eigenvalue weighted by atomic mass is 32.1. The summed E-state index contributed by atoms with van der Waals surface area (Å²) in [6.45, 7) is 7.03. The lowest BCUT2D eigenvalue weighted by Crippen LogP contribution is -2.27. The minimum Gasteiger partial charge on any atom is -0.477 e. The van der Waals surface area contributed by atoms with Crippen molar-refractivity contribution in [3.05, 3.63) is 22.7 Å². The molecule has 0 saturated heterocycles. The quantitative estimate of drug-likeness (QED) is 0.884. The molecule has 0 unspecified atom stereocenters. The highest BCUT2D eigenvalue weighted by molar-refractivity contribution is 7.21. The number of fused-ring (bicyclic) bond motifs is 1. The SMILES string of the molecule is Cc1ccc2c(NC(=O)OC(C)(C)C)c(C(=O)O)sc2n1. The zero-order chi connectivity index (χ0) is 15.8. The number of aryl methyl sites for hydroxylation is 1. The molecule has 112 valence electrons. The fraction of sp³-hybridized carbons (Fsp3) is 0.357. The normalized spacial score (nSPS) is 11.4. The molecule has 0 bridgehead atoms. The Labute approximate surface area is 125 Å². The minimum atomic E-state index is -1.11. The predicted molar refractivity (Wildman–Crippen MR) is 81.2 cm³/mol. The summed E-state index contributed by atoms with van der Waals surface area (Å²) in [6, 6.07) is 3.51. The van der Waals surface area contributed by atoms with E-state index in [0.29, 0.717) is 10.2 Å². The molecular formula is C14H16N2O4S. The Morgan fingerprint density at radius 1 is 1.33 bits per heavy atom. The summed E-state index contributed by atoms with van der Waals surface area (Å²) in [5, 5.41) is 12.4. The fourth-order valence-corrected chi connectivity index (χ4v) is 2.76. The number of hydrogen-bond donors (Lipinski definition) is 2. The smallest absolute Gasteiger partial charge is 0.412 e. The van der Waals surface area contributed by atoms with Crippen LogP contribution in [-0.2, 0) is 4.74 Å². The number of nitrogens with zero attached hydrogens (tertiary/aromatic N) is 1. The molecule has 2 heterocycles. The monoisotopic (exact) mass is 308 g/mol. The molecule has 0 saturated carbocycles. The summed E-state index contributed by atoms with van der Waals surface area (Å²) in [4.78, 5) is 28.1. The maximum atomic E-state index is 11.9. The Hall–Kier alpha value is -2.15. The first-order chi connectivity index (χ1) is 9.67. The number of pyridine rings is 1. The van der Waals surface area contributed by atoms with Crippen molar-refractivity contribution in [3.63, 3.8) is 0 Å². The number of aromatic nitrogens is 1. The Balaban J connectivity index is 2.44. The van der Waals surface area contributed by atoms with Crippen molar-refractivity contribution < 1.29 is 19.4 Å². The Morgan fingerprint density at radius 3 is 2.57 bits per heavy atom. The molecule has 0 aromatic carbocycles. The molecule has 2 rings (SSSR count). The van der Waals surface area contributed by atoms with Gasteiger partial charge in [0.05, 0.1) is 5.69 Å². The molecular weight excluding hydrogens is 292 g/mol. The van der Waals surface area contributed by atoms with Crippen LogP contribution in [-0.4, -0.2) is 27.8 Å². The third-order valence-electron chi connectivity index (χ3n) is 2.51. The number of nitrogens with one attached hydrogen (secondary N) is 1. The van der Waals surface area contributed by atoms with Crippen LogP contribution in [0.4, 0.5) is 10.5 Å². The van der Waals surface area contributed by atoms with Gasteiger partial charge in [-0.05, 0) is 39.8 Å². The van der Waals surface area contributed by atoms with Gasteiger partial charge in [-0.15, -0.1) is 11.3 Å². The van der Waals surface area contributed by atoms with E-state index in [-0.39, 0.29) is 10.6 Å². The molecule has 0 fully saturated rings. The van der Waals surface area contributed by atoms with E-state index in [0.717, 1.165) is 17.0 Å². The second kappa shape index (κ2) is 5.33. The van der Waals surface area contributed by atoms with E-state index in [2.05, 4.69) is 10.3 Å². The summed E-state index contributed by atoms with van der Waals surface area (Å²) in [5.41, 5.74) is 0.350. The van der Waals surface area contributed by atoms with Crippen LogP contribution in [0.15, 0.2) is 12.1 Å². The lowest BCUT2D eigenvalue weighted by atomic mass is 10.2. The lowest BCUT2D eigenvalue weighted by molar-refractivity contribution is 0.0636. The van der Waals surface area contributed by atoms with Gasteiger partial charge in [0.15, 0.2) is 0 Å². The van der Waals surface area contributed by atoms with Crippen LogP contribution in [0.25, 0.3) is 10.2 Å². The summed E-state index contributed by atoms with van der Waals surface area (Å²) < 4.78 is 5.16. The highest BCUT2D eigenvalue weighted by Crippen LogP contribution is 2.35. The van der Waals surface area contributed by atoms with E-state index in [9.17, 15) is 14.7 Å². The van der Waals surface area contributed by atoms with Crippen molar-refractivity contribution in [3.8, 4) is 0 Å². The number of rotatable bonds is 2. The van der Waals surface area contributed by atoms with Crippen LogP contribution in [0.5, 0.6) is 0 Å². The van der Waals surface area contributed by atoms with Gasteiger partial charge in [-0.1, -0.05) is 0 Å². The number of anilines is 1. The molecule has 0 aliphatic heterocycles. The molecule has 1 amide bonds. The molecule has 0 spiro atoms. The van der Waals surface area contributed by atoms with Gasteiger partial charge in [0.2, 0.25) is 0 Å². The second-order valence-electron chi connectivity index (χ2n) is 5.54. The number of amides is 1. The number of hydrogen-bond acceptors (Lipinski definition) is 5. The molecule has 6 nitrogen and oxygen atoms in total. The number of carboxylic acids is 1. The average molecular weight is 308 g/mol. The molecule has 0 aliphatic carbocycles. The number of thiophene rings is 1. The standard InChI is InChI=1S/C14H16N2O4S/c1-7-5-6-8-9(16-13(19)20-14(2,3)4)10(12(17)18)21-11(8)15-7/h5-6H,1-4H3,(H,16,19)(H,17,18). The fourth-order valence-electron chi connectivity index (χ4n) is 1.75. The molecule has 0 atom stereocenters. The number of carbonyl (C=O) groups excluding carboxylic acids is 1. The van der Waals surface area contributed by atoms with E-state index >= 15 is 0 Å². The first-order valence-corrected chi connectivity index (χ1v) is 7.12. The van der Waals surface area contributed by atoms with Gasteiger partial charge < -0.3 is 9.84 Å². The van der Waals surface area contributed by atoms with Crippen molar-refractivity contribution in [2.45, 2.75) is 33.3 Å². The number of aromatic carboxylic acids is 1. The van der Waals surface area contributed by atoms with E-state index in [1.807, 2.05) is 6.92 Å². The topological polar surface area (TPSA) is 88.5 Å². The van der Waals surface area contributed by atoms with E-state index in [1.165, 1.54) is 0 Å². The second-order valence-corrected chi connectivity index (χ2v) is 6.54. The zero-order valence-electron chi connectivity index (χ0n) is 12.2. The molecule has 0 aliphatic rings. The van der Waals surface area contributed by atoms with Crippen LogP contribution in [0.2, 0.25) is 0 Å². The van der Waals surface area contributed by atoms with Gasteiger partial charge in [-0.25, -0.2) is 14.6 Å². The van der Waals surface area contributed by atoms with Crippen LogP contribution >= 0.6 is 11.3 Å². The average Bonchev–Trinajstić information content (AvgIpc) is 2.64. The van der Waals surface area contributed by atoms with E-state index in [1.54, 1.807) is 32.9 Å². The Morgan fingerprint density at radius 2 is 2.00 bits per heavy atom. The highest BCUT2D eigenvalue weighted by Gasteiger charge is 2.23. The largest absolute Gasteiger partial charge is 0.477 e. The van der Waals surface area contributed by atoms with Gasteiger partial charge in [0.25, 0.3) is 0 Å². The zero-order valence-corrected chi connectivity index (χ0v) is 13.0. The maximum Gasteiger partial charge on any atom is 0.412 e. The molecule has 2 aromatic rings. The van der Waals surface area contributed by atoms with Crippen molar-refractivity contribution >= 4 is 39.3 Å². The third-order valence-corrected chi connectivity index (χ3v) is 3.60. The maximum absolute atomic E-state index is 11.9. The van der Waals surface area contributed by atoms with Crippen LogP contribution in [0.3, 0.4) is 0 Å². The van der Waals surface area contributed by atoms with Crippen LogP contribution in [0, 0.1) is 6.92 Å². The Bertz CT molecular complexity index is 716. The Kier molecular flexibility index (Phi) is 3.87. The molecule has 21 heavy (non-hydrogen) atoms. The van der Waals surface area contributed by atoms with Crippen LogP contribution < -0.4 is 5.32 Å². The number of carbonyl (C=O) groups is 2. The molecule has 2 aromatic heterocycles.